The molecule has 1 aliphatic heterocycles. The van der Waals surface area contributed by atoms with E-state index in [1.165, 1.54) is 0 Å². The normalized spacial score (nSPS) is 16.4. The van der Waals surface area contributed by atoms with Crippen LogP contribution in [0, 0.1) is 17.2 Å². The van der Waals surface area contributed by atoms with Gasteiger partial charge in [0.1, 0.15) is 24.5 Å². The van der Waals surface area contributed by atoms with Crippen LogP contribution in [0.1, 0.15) is 32.3 Å². The second-order valence-corrected chi connectivity index (χ2v) is 5.09. The van der Waals surface area contributed by atoms with Crippen LogP contribution in [-0.2, 0) is 9.53 Å². The zero-order chi connectivity index (χ0) is 15.2. The molecule has 1 aromatic rings. The molecular weight excluding hydrogens is 268 g/mol. The van der Waals surface area contributed by atoms with Crippen molar-refractivity contribution in [1.82, 2.24) is 0 Å². The number of epoxide rings is 1. The fourth-order valence-corrected chi connectivity index (χ4v) is 2.07. The van der Waals surface area contributed by atoms with E-state index in [-0.39, 0.29) is 17.9 Å². The number of anilines is 1. The third kappa shape index (κ3) is 4.20. The third-order valence-corrected chi connectivity index (χ3v) is 3.55. The van der Waals surface area contributed by atoms with E-state index in [0.717, 1.165) is 12.8 Å². The minimum atomic E-state index is -0.0102. The van der Waals surface area contributed by atoms with Gasteiger partial charge >= 0.3 is 0 Å². The van der Waals surface area contributed by atoms with E-state index in [4.69, 9.17) is 9.47 Å². The van der Waals surface area contributed by atoms with E-state index in [1.807, 2.05) is 13.8 Å². The largest absolute Gasteiger partial charge is 0.489 e. The maximum atomic E-state index is 12.0. The number of nitrogens with zero attached hydrogens (tertiary/aromatic N) is 1. The maximum absolute atomic E-state index is 12.0. The van der Waals surface area contributed by atoms with Gasteiger partial charge in [0, 0.05) is 11.6 Å². The summed E-state index contributed by atoms with van der Waals surface area (Å²) in [5, 5.41) is 12.0. The van der Waals surface area contributed by atoms with Crippen molar-refractivity contribution in [2.75, 3.05) is 18.5 Å². The lowest BCUT2D eigenvalue weighted by atomic mass is 10.0. The fraction of sp³-hybridized carbons (Fsp3) is 0.500. The number of carbonyl (C=O) groups is 1. The van der Waals surface area contributed by atoms with Crippen molar-refractivity contribution in [2.24, 2.45) is 5.92 Å². The number of rotatable bonds is 7. The standard InChI is InChI=1S/C16H20N2O3/c1-3-11(4-2)16(19)18-13-5-6-15(12(7-13)8-17)21-10-14-9-20-14/h5-7,11,14H,3-4,9-10H2,1-2H3,(H,18,19). The van der Waals surface area contributed by atoms with Crippen LogP contribution in [-0.4, -0.2) is 25.2 Å². The number of nitrogens with one attached hydrogen (secondary N) is 1. The smallest absolute Gasteiger partial charge is 0.227 e. The molecule has 1 unspecified atom stereocenters. The number of benzene rings is 1. The van der Waals surface area contributed by atoms with Crippen LogP contribution in [0.2, 0.25) is 0 Å². The molecular formula is C16H20N2O3. The molecule has 0 radical (unpaired) electrons. The summed E-state index contributed by atoms with van der Waals surface area (Å²) in [6, 6.07) is 7.20. The molecule has 1 atom stereocenters. The Morgan fingerprint density at radius 1 is 1.52 bits per heavy atom. The minimum Gasteiger partial charge on any atom is -0.489 e. The molecule has 1 N–H and O–H groups in total. The second-order valence-electron chi connectivity index (χ2n) is 5.09. The number of carbonyl (C=O) groups excluding carboxylic acids is 1. The average molecular weight is 288 g/mol. The monoisotopic (exact) mass is 288 g/mol. The van der Waals surface area contributed by atoms with Crippen LogP contribution in [0.25, 0.3) is 0 Å². The van der Waals surface area contributed by atoms with Crippen molar-refractivity contribution in [1.29, 1.82) is 5.26 Å². The van der Waals surface area contributed by atoms with Gasteiger partial charge in [0.25, 0.3) is 0 Å². The summed E-state index contributed by atoms with van der Waals surface area (Å²) >= 11 is 0. The number of hydrogen-bond acceptors (Lipinski definition) is 4. The van der Waals surface area contributed by atoms with E-state index >= 15 is 0 Å². The van der Waals surface area contributed by atoms with Gasteiger partial charge in [-0.1, -0.05) is 13.8 Å². The third-order valence-electron chi connectivity index (χ3n) is 3.55. The van der Waals surface area contributed by atoms with E-state index < -0.39 is 0 Å². The molecule has 1 saturated heterocycles. The number of amides is 1. The summed E-state index contributed by atoms with van der Waals surface area (Å²) in [6.07, 6.45) is 1.75. The molecule has 0 aliphatic carbocycles. The lowest BCUT2D eigenvalue weighted by Crippen LogP contribution is -2.21. The summed E-state index contributed by atoms with van der Waals surface area (Å²) in [5.41, 5.74) is 1.04. The lowest BCUT2D eigenvalue weighted by Gasteiger charge is -2.14. The topological polar surface area (TPSA) is 74.7 Å². The first-order chi connectivity index (χ1) is 10.2. The molecule has 112 valence electrons. The van der Waals surface area contributed by atoms with Crippen molar-refractivity contribution < 1.29 is 14.3 Å². The van der Waals surface area contributed by atoms with Gasteiger partial charge in [-0.2, -0.15) is 5.26 Å². The van der Waals surface area contributed by atoms with Crippen LogP contribution in [0.4, 0.5) is 5.69 Å². The summed E-state index contributed by atoms with van der Waals surface area (Å²) < 4.78 is 10.6. The zero-order valence-corrected chi connectivity index (χ0v) is 12.4. The second kappa shape index (κ2) is 7.09. The highest BCUT2D eigenvalue weighted by Crippen LogP contribution is 2.24. The first-order valence-corrected chi connectivity index (χ1v) is 7.27. The molecule has 1 aliphatic rings. The Balaban J connectivity index is 2.03. The van der Waals surface area contributed by atoms with Crippen molar-refractivity contribution >= 4 is 11.6 Å². The molecule has 21 heavy (non-hydrogen) atoms. The van der Waals surface area contributed by atoms with Crippen LogP contribution in [0.15, 0.2) is 18.2 Å². The Morgan fingerprint density at radius 2 is 2.24 bits per heavy atom. The molecule has 0 aromatic heterocycles. The zero-order valence-electron chi connectivity index (χ0n) is 12.4. The predicted molar refractivity (Wildman–Crippen MR) is 79.1 cm³/mol. The molecule has 1 amide bonds. The molecule has 2 rings (SSSR count). The van der Waals surface area contributed by atoms with Gasteiger partial charge in [-0.25, -0.2) is 0 Å². The Kier molecular flexibility index (Phi) is 5.18. The fourth-order valence-electron chi connectivity index (χ4n) is 2.07. The molecule has 5 heteroatoms. The molecule has 1 heterocycles. The Labute approximate surface area is 124 Å². The van der Waals surface area contributed by atoms with Gasteiger partial charge in [0.15, 0.2) is 0 Å². The molecule has 0 bridgehead atoms. The Bertz CT molecular complexity index is 543. The predicted octanol–water partition coefficient (Wildman–Crippen LogP) is 2.71. The van der Waals surface area contributed by atoms with Crippen LogP contribution in [0.3, 0.4) is 0 Å². The molecule has 1 fully saturated rings. The summed E-state index contributed by atoms with van der Waals surface area (Å²) in [7, 11) is 0. The maximum Gasteiger partial charge on any atom is 0.227 e. The van der Waals surface area contributed by atoms with E-state index in [2.05, 4.69) is 11.4 Å². The number of nitriles is 1. The van der Waals surface area contributed by atoms with Gasteiger partial charge in [-0.05, 0) is 31.0 Å². The van der Waals surface area contributed by atoms with Crippen molar-refractivity contribution in [2.45, 2.75) is 32.8 Å². The van der Waals surface area contributed by atoms with E-state index in [9.17, 15) is 10.1 Å². The van der Waals surface area contributed by atoms with Gasteiger partial charge < -0.3 is 14.8 Å². The van der Waals surface area contributed by atoms with Crippen molar-refractivity contribution in [3.8, 4) is 11.8 Å². The first kappa shape index (κ1) is 15.3. The first-order valence-electron chi connectivity index (χ1n) is 7.27. The summed E-state index contributed by atoms with van der Waals surface area (Å²) in [6.45, 7) is 5.15. The van der Waals surface area contributed by atoms with Crippen molar-refractivity contribution in [3.63, 3.8) is 0 Å². The summed E-state index contributed by atoms with van der Waals surface area (Å²) in [5.74, 6) is 0.510. The van der Waals surface area contributed by atoms with Crippen molar-refractivity contribution in [3.05, 3.63) is 23.8 Å². The molecule has 5 nitrogen and oxygen atoms in total. The highest BCUT2D eigenvalue weighted by molar-refractivity contribution is 5.92. The van der Waals surface area contributed by atoms with Gasteiger partial charge in [-0.3, -0.25) is 4.79 Å². The molecule has 1 aromatic carbocycles. The highest BCUT2D eigenvalue weighted by atomic mass is 16.6. The minimum absolute atomic E-state index is 0.00141. The lowest BCUT2D eigenvalue weighted by molar-refractivity contribution is -0.120. The van der Waals surface area contributed by atoms with Gasteiger partial charge in [0.2, 0.25) is 5.91 Å². The average Bonchev–Trinajstić information content (AvgIpc) is 3.31. The number of hydrogen-bond donors (Lipinski definition) is 1. The highest BCUT2D eigenvalue weighted by Gasteiger charge is 2.23. The molecule has 0 saturated carbocycles. The Hall–Kier alpha value is -2.06. The Morgan fingerprint density at radius 3 is 2.81 bits per heavy atom. The van der Waals surface area contributed by atoms with E-state index in [1.54, 1.807) is 18.2 Å². The van der Waals surface area contributed by atoms with Crippen LogP contribution < -0.4 is 10.1 Å². The van der Waals surface area contributed by atoms with Crippen LogP contribution in [0.5, 0.6) is 5.75 Å². The van der Waals surface area contributed by atoms with E-state index in [0.29, 0.717) is 30.2 Å². The summed E-state index contributed by atoms with van der Waals surface area (Å²) in [4.78, 5) is 12.0. The van der Waals surface area contributed by atoms with Gasteiger partial charge in [-0.15, -0.1) is 0 Å². The van der Waals surface area contributed by atoms with Gasteiger partial charge in [0.05, 0.1) is 12.2 Å². The van der Waals surface area contributed by atoms with Crippen LogP contribution >= 0.6 is 0 Å². The SMILES string of the molecule is CCC(CC)C(=O)Nc1ccc(OCC2CO2)c(C#N)c1. The molecule has 0 spiro atoms. The quantitative estimate of drug-likeness (QED) is 0.783. The number of ether oxygens (including phenoxy) is 2.